The van der Waals surface area contributed by atoms with E-state index in [1.54, 1.807) is 0 Å². The molecule has 0 atom stereocenters. The number of nitrogens with zero attached hydrogens (tertiary/aromatic N) is 3. The van der Waals surface area contributed by atoms with Crippen molar-refractivity contribution in [2.75, 3.05) is 45.7 Å². The predicted molar refractivity (Wildman–Crippen MR) is 82.9 cm³/mol. The van der Waals surface area contributed by atoms with Gasteiger partial charge in [-0.25, -0.2) is 4.98 Å². The third-order valence-corrected chi connectivity index (χ3v) is 3.25. The van der Waals surface area contributed by atoms with Gasteiger partial charge in [-0.3, -0.25) is 0 Å². The fourth-order valence-corrected chi connectivity index (χ4v) is 2.08. The minimum absolute atomic E-state index is 0.886. The number of aryl methyl sites for hydroxylation is 2. The van der Waals surface area contributed by atoms with Crippen LogP contribution in [0.15, 0.2) is 6.07 Å². The SMILES string of the molecule is CCNCc1c(C)cc(C)nc1N(C)CCN(C)C. The maximum absolute atomic E-state index is 4.73. The zero-order chi connectivity index (χ0) is 14.4. The first-order chi connectivity index (χ1) is 8.95. The number of rotatable bonds is 7. The maximum atomic E-state index is 4.73. The standard InChI is InChI=1S/C15H28N4/c1-7-16-11-14-12(2)10-13(3)17-15(14)19(6)9-8-18(4)5/h10,16H,7-9,11H2,1-6H3. The Balaban J connectivity index is 2.95. The Bertz CT molecular complexity index is 401. The number of aromatic nitrogens is 1. The highest BCUT2D eigenvalue weighted by Gasteiger charge is 2.12. The summed E-state index contributed by atoms with van der Waals surface area (Å²) in [6.45, 7) is 10.3. The Morgan fingerprint density at radius 2 is 1.84 bits per heavy atom. The molecule has 0 saturated carbocycles. The largest absolute Gasteiger partial charge is 0.358 e. The van der Waals surface area contributed by atoms with E-state index in [1.165, 1.54) is 11.1 Å². The summed E-state index contributed by atoms with van der Waals surface area (Å²) in [6.07, 6.45) is 0. The molecule has 0 aromatic carbocycles. The second-order valence-electron chi connectivity index (χ2n) is 5.39. The van der Waals surface area contributed by atoms with Crippen molar-refractivity contribution in [2.45, 2.75) is 27.3 Å². The van der Waals surface area contributed by atoms with Crippen LogP contribution in [0.3, 0.4) is 0 Å². The number of hydrogen-bond donors (Lipinski definition) is 1. The van der Waals surface area contributed by atoms with E-state index in [0.29, 0.717) is 0 Å². The molecule has 1 rings (SSSR count). The van der Waals surface area contributed by atoms with Gasteiger partial charge >= 0.3 is 0 Å². The molecule has 0 bridgehead atoms. The Morgan fingerprint density at radius 1 is 1.16 bits per heavy atom. The first-order valence-corrected chi connectivity index (χ1v) is 6.99. The van der Waals surface area contributed by atoms with Crippen molar-refractivity contribution < 1.29 is 0 Å². The molecule has 1 aromatic heterocycles. The van der Waals surface area contributed by atoms with Crippen LogP contribution in [0.4, 0.5) is 5.82 Å². The highest BCUT2D eigenvalue weighted by molar-refractivity contribution is 5.51. The van der Waals surface area contributed by atoms with Gasteiger partial charge in [-0.05, 0) is 46.1 Å². The average molecular weight is 264 g/mol. The van der Waals surface area contributed by atoms with E-state index in [-0.39, 0.29) is 0 Å². The molecule has 0 aliphatic heterocycles. The molecule has 0 radical (unpaired) electrons. The predicted octanol–water partition coefficient (Wildman–Crippen LogP) is 1.81. The molecule has 0 saturated heterocycles. The van der Waals surface area contributed by atoms with Crippen LogP contribution in [0.25, 0.3) is 0 Å². The van der Waals surface area contributed by atoms with Crippen LogP contribution in [-0.4, -0.2) is 50.7 Å². The lowest BCUT2D eigenvalue weighted by Gasteiger charge is -2.24. The maximum Gasteiger partial charge on any atom is 0.133 e. The molecule has 0 unspecified atom stereocenters. The molecule has 4 nitrogen and oxygen atoms in total. The number of nitrogens with one attached hydrogen (secondary N) is 1. The third kappa shape index (κ3) is 4.80. The molecular weight excluding hydrogens is 236 g/mol. The van der Waals surface area contributed by atoms with E-state index in [1.807, 2.05) is 0 Å². The third-order valence-electron chi connectivity index (χ3n) is 3.25. The fraction of sp³-hybridized carbons (Fsp3) is 0.667. The van der Waals surface area contributed by atoms with Gasteiger partial charge in [0, 0.05) is 37.9 Å². The molecule has 0 amide bonds. The first kappa shape index (κ1) is 15.9. The van der Waals surface area contributed by atoms with Gasteiger partial charge in [0.15, 0.2) is 0 Å². The smallest absolute Gasteiger partial charge is 0.133 e. The summed E-state index contributed by atoms with van der Waals surface area (Å²) >= 11 is 0. The van der Waals surface area contributed by atoms with Crippen LogP contribution in [0.5, 0.6) is 0 Å². The topological polar surface area (TPSA) is 31.4 Å². The van der Waals surface area contributed by atoms with Crippen molar-refractivity contribution in [3.05, 3.63) is 22.9 Å². The zero-order valence-corrected chi connectivity index (χ0v) is 13.2. The number of pyridine rings is 1. The van der Waals surface area contributed by atoms with Gasteiger partial charge in [0.05, 0.1) is 0 Å². The molecule has 1 heterocycles. The van der Waals surface area contributed by atoms with Crippen LogP contribution in [0.1, 0.15) is 23.7 Å². The van der Waals surface area contributed by atoms with Gasteiger partial charge < -0.3 is 15.1 Å². The van der Waals surface area contributed by atoms with Crippen LogP contribution < -0.4 is 10.2 Å². The lowest BCUT2D eigenvalue weighted by Crippen LogP contribution is -2.30. The summed E-state index contributed by atoms with van der Waals surface area (Å²) in [5.41, 5.74) is 3.72. The van der Waals surface area contributed by atoms with Crippen molar-refractivity contribution in [2.24, 2.45) is 0 Å². The lowest BCUT2D eigenvalue weighted by molar-refractivity contribution is 0.416. The zero-order valence-electron chi connectivity index (χ0n) is 13.2. The lowest BCUT2D eigenvalue weighted by atomic mass is 10.1. The summed E-state index contributed by atoms with van der Waals surface area (Å²) in [5, 5.41) is 3.41. The van der Waals surface area contributed by atoms with E-state index >= 15 is 0 Å². The minimum Gasteiger partial charge on any atom is -0.358 e. The van der Waals surface area contributed by atoms with Crippen molar-refractivity contribution in [3.63, 3.8) is 0 Å². The normalized spacial score (nSPS) is 11.1. The molecular formula is C15H28N4. The van der Waals surface area contributed by atoms with Crippen molar-refractivity contribution in [1.29, 1.82) is 0 Å². The Morgan fingerprint density at radius 3 is 2.42 bits per heavy atom. The second kappa shape index (κ2) is 7.46. The van der Waals surface area contributed by atoms with E-state index in [9.17, 15) is 0 Å². The summed E-state index contributed by atoms with van der Waals surface area (Å²) in [4.78, 5) is 9.19. The number of hydrogen-bond acceptors (Lipinski definition) is 4. The summed E-state index contributed by atoms with van der Waals surface area (Å²) in [6, 6.07) is 2.16. The Labute approximate surface area is 117 Å². The van der Waals surface area contributed by atoms with E-state index in [0.717, 1.165) is 37.7 Å². The van der Waals surface area contributed by atoms with E-state index in [2.05, 4.69) is 63.1 Å². The molecule has 0 aliphatic rings. The molecule has 0 aliphatic carbocycles. The fourth-order valence-electron chi connectivity index (χ4n) is 2.08. The second-order valence-corrected chi connectivity index (χ2v) is 5.39. The molecule has 0 fully saturated rings. The van der Waals surface area contributed by atoms with Crippen LogP contribution in [0.2, 0.25) is 0 Å². The molecule has 1 N–H and O–H groups in total. The van der Waals surface area contributed by atoms with E-state index in [4.69, 9.17) is 4.98 Å². The van der Waals surface area contributed by atoms with Gasteiger partial charge in [-0.1, -0.05) is 6.92 Å². The Kier molecular flexibility index (Phi) is 6.25. The average Bonchev–Trinajstić information content (AvgIpc) is 2.34. The summed E-state index contributed by atoms with van der Waals surface area (Å²) in [5.74, 6) is 1.11. The van der Waals surface area contributed by atoms with Crippen LogP contribution in [-0.2, 0) is 6.54 Å². The van der Waals surface area contributed by atoms with Gasteiger partial charge in [-0.15, -0.1) is 0 Å². The summed E-state index contributed by atoms with van der Waals surface area (Å²) < 4.78 is 0. The van der Waals surface area contributed by atoms with Gasteiger partial charge in [0.1, 0.15) is 5.82 Å². The molecule has 108 valence electrons. The van der Waals surface area contributed by atoms with Crippen molar-refractivity contribution in [1.82, 2.24) is 15.2 Å². The van der Waals surface area contributed by atoms with Gasteiger partial charge in [0.25, 0.3) is 0 Å². The quantitative estimate of drug-likeness (QED) is 0.814. The Hall–Kier alpha value is -1.13. The monoisotopic (exact) mass is 264 g/mol. The van der Waals surface area contributed by atoms with Crippen molar-refractivity contribution >= 4 is 5.82 Å². The van der Waals surface area contributed by atoms with E-state index < -0.39 is 0 Å². The number of likely N-dealkylation sites (N-methyl/N-ethyl adjacent to an activating group) is 2. The highest BCUT2D eigenvalue weighted by atomic mass is 15.2. The van der Waals surface area contributed by atoms with Crippen molar-refractivity contribution in [3.8, 4) is 0 Å². The first-order valence-electron chi connectivity index (χ1n) is 6.99. The van der Waals surface area contributed by atoms with Crippen LogP contribution >= 0.6 is 0 Å². The summed E-state index contributed by atoms with van der Waals surface area (Å²) in [7, 11) is 6.32. The van der Waals surface area contributed by atoms with Gasteiger partial charge in [0.2, 0.25) is 0 Å². The molecule has 0 spiro atoms. The molecule has 1 aromatic rings. The van der Waals surface area contributed by atoms with Crippen LogP contribution in [0, 0.1) is 13.8 Å². The molecule has 19 heavy (non-hydrogen) atoms. The number of anilines is 1. The molecule has 4 heteroatoms. The highest BCUT2D eigenvalue weighted by Crippen LogP contribution is 2.21. The minimum atomic E-state index is 0.886. The van der Waals surface area contributed by atoms with Gasteiger partial charge in [-0.2, -0.15) is 0 Å².